The molecule has 1 heterocycles. The lowest BCUT2D eigenvalue weighted by atomic mass is 10.1. The van der Waals surface area contributed by atoms with Gasteiger partial charge >= 0.3 is 0 Å². The maximum absolute atomic E-state index is 10.5. The number of hydrogen-bond donors (Lipinski definition) is 0. The number of nitrogens with zero attached hydrogens (tertiary/aromatic N) is 1. The minimum absolute atomic E-state index is 0.311. The molecule has 1 aromatic carbocycles. The maximum Gasteiger partial charge on any atom is 0.174 e. The third-order valence-corrected chi connectivity index (χ3v) is 2.32. The van der Waals surface area contributed by atoms with Crippen molar-refractivity contribution in [3.63, 3.8) is 0 Å². The predicted molar refractivity (Wildman–Crippen MR) is 60.4 cm³/mol. The summed E-state index contributed by atoms with van der Waals surface area (Å²) < 4.78 is 5.09. The lowest BCUT2D eigenvalue weighted by molar-refractivity contribution is -0.377. The van der Waals surface area contributed by atoms with Gasteiger partial charge in [-0.05, 0) is 28.9 Å². The minimum Gasteiger partial charge on any atom is -0.494 e. The Balaban J connectivity index is 2.48. The predicted octanol–water partition coefficient (Wildman–Crippen LogP) is 2.57. The Morgan fingerprint density at radius 3 is 2.75 bits per heavy atom. The Morgan fingerprint density at radius 1 is 1.25 bits per heavy atom. The summed E-state index contributed by atoms with van der Waals surface area (Å²) in [6.45, 7) is 0. The van der Waals surface area contributed by atoms with Crippen molar-refractivity contribution in [2.24, 2.45) is 5.18 Å². The largest absolute Gasteiger partial charge is 0.494 e. The van der Waals surface area contributed by atoms with Crippen LogP contribution in [0.25, 0.3) is 11.1 Å². The number of aromatic amines is 1. The lowest BCUT2D eigenvalue weighted by Gasteiger charge is -2.04. The molecular weight excluding hydrogens is 204 g/mol. The van der Waals surface area contributed by atoms with Crippen LogP contribution in [0.3, 0.4) is 0 Å². The molecule has 0 aliphatic carbocycles. The average Bonchev–Trinajstić information content (AvgIpc) is 2.39. The number of aromatic nitrogens is 1. The van der Waals surface area contributed by atoms with Crippen molar-refractivity contribution >= 4 is 5.69 Å². The summed E-state index contributed by atoms with van der Waals surface area (Å²) in [5, 5.41) is 2.89. The van der Waals surface area contributed by atoms with E-state index >= 15 is 0 Å². The first-order chi connectivity index (χ1) is 7.85. The Bertz CT molecular complexity index is 498. The molecule has 2 rings (SSSR count). The van der Waals surface area contributed by atoms with Crippen molar-refractivity contribution in [3.05, 3.63) is 47.6 Å². The van der Waals surface area contributed by atoms with Crippen molar-refractivity contribution in [1.82, 2.24) is 0 Å². The van der Waals surface area contributed by atoms with Gasteiger partial charge in [0.05, 0.1) is 7.11 Å². The molecule has 1 N–H and O–H groups in total. The summed E-state index contributed by atoms with van der Waals surface area (Å²) in [5.74, 6) is 0.483. The van der Waals surface area contributed by atoms with Gasteiger partial charge in [-0.25, -0.2) is 4.98 Å². The standard InChI is InChI=1S/C12H10N2O2/c1-16-12-7-9(4-5-11(12)14-15)10-3-2-6-13-8-10/h2-8H,1H3/p+1. The van der Waals surface area contributed by atoms with Gasteiger partial charge < -0.3 is 4.74 Å². The van der Waals surface area contributed by atoms with Crippen LogP contribution in [0.2, 0.25) is 0 Å². The summed E-state index contributed by atoms with van der Waals surface area (Å²) >= 11 is 0. The van der Waals surface area contributed by atoms with Crippen molar-refractivity contribution in [2.75, 3.05) is 7.11 Å². The van der Waals surface area contributed by atoms with Crippen molar-refractivity contribution < 1.29 is 9.72 Å². The van der Waals surface area contributed by atoms with Gasteiger partial charge in [0.1, 0.15) is 11.4 Å². The second-order valence-electron chi connectivity index (χ2n) is 3.27. The van der Waals surface area contributed by atoms with Gasteiger partial charge in [-0.15, -0.1) is 4.91 Å². The summed E-state index contributed by atoms with van der Waals surface area (Å²) in [6.07, 6.45) is 3.71. The SMILES string of the molecule is COc1cc(-c2ccc[nH+]c2)ccc1N=O. The number of H-pyrrole nitrogens is 1. The highest BCUT2D eigenvalue weighted by molar-refractivity contribution is 5.68. The zero-order valence-electron chi connectivity index (χ0n) is 8.81. The molecule has 4 nitrogen and oxygen atoms in total. The molecule has 0 saturated heterocycles. The number of ether oxygens (including phenoxy) is 1. The molecule has 1 aromatic heterocycles. The number of methoxy groups -OCH3 is 1. The molecular formula is C12H11N2O2+. The highest BCUT2D eigenvalue weighted by Gasteiger charge is 2.06. The van der Waals surface area contributed by atoms with Gasteiger partial charge in [-0.1, -0.05) is 6.07 Å². The Kier molecular flexibility index (Phi) is 2.91. The second-order valence-corrected chi connectivity index (χ2v) is 3.27. The monoisotopic (exact) mass is 215 g/mol. The van der Waals surface area contributed by atoms with Crippen LogP contribution in [0.1, 0.15) is 0 Å². The first kappa shape index (κ1) is 10.3. The third kappa shape index (κ3) is 1.91. The van der Waals surface area contributed by atoms with Gasteiger partial charge in [0.2, 0.25) is 0 Å². The molecule has 0 fully saturated rings. The molecule has 16 heavy (non-hydrogen) atoms. The molecule has 0 aliphatic rings. The number of hydrogen-bond acceptors (Lipinski definition) is 3. The summed E-state index contributed by atoms with van der Waals surface area (Å²) in [4.78, 5) is 13.5. The molecule has 0 unspecified atom stereocenters. The van der Waals surface area contributed by atoms with Crippen molar-refractivity contribution in [3.8, 4) is 16.9 Å². The Labute approximate surface area is 92.9 Å². The zero-order chi connectivity index (χ0) is 11.4. The average molecular weight is 215 g/mol. The highest BCUT2D eigenvalue weighted by atomic mass is 16.5. The molecule has 0 amide bonds. The van der Waals surface area contributed by atoms with E-state index in [1.807, 2.05) is 30.6 Å². The van der Waals surface area contributed by atoms with Crippen LogP contribution in [-0.2, 0) is 0 Å². The highest BCUT2D eigenvalue weighted by Crippen LogP contribution is 2.31. The molecule has 0 saturated carbocycles. The van der Waals surface area contributed by atoms with Crippen LogP contribution in [0.5, 0.6) is 5.75 Å². The third-order valence-electron chi connectivity index (χ3n) is 2.32. The maximum atomic E-state index is 10.5. The van der Waals surface area contributed by atoms with Crippen LogP contribution in [0, 0.1) is 4.91 Å². The van der Waals surface area contributed by atoms with Crippen molar-refractivity contribution in [1.29, 1.82) is 0 Å². The van der Waals surface area contributed by atoms with Crippen molar-refractivity contribution in [2.45, 2.75) is 0 Å². The molecule has 0 radical (unpaired) electrons. The fourth-order valence-corrected chi connectivity index (χ4v) is 1.51. The Morgan fingerprint density at radius 2 is 2.12 bits per heavy atom. The molecule has 0 spiro atoms. The van der Waals surface area contributed by atoms with Crippen LogP contribution in [-0.4, -0.2) is 7.11 Å². The van der Waals surface area contributed by atoms with Crippen LogP contribution < -0.4 is 9.72 Å². The molecule has 4 heteroatoms. The van der Waals surface area contributed by atoms with E-state index in [1.165, 1.54) is 7.11 Å². The van der Waals surface area contributed by atoms with E-state index in [0.717, 1.165) is 11.1 Å². The van der Waals surface area contributed by atoms with E-state index in [4.69, 9.17) is 4.74 Å². The smallest absolute Gasteiger partial charge is 0.174 e. The lowest BCUT2D eigenvalue weighted by Crippen LogP contribution is -1.98. The van der Waals surface area contributed by atoms with Gasteiger partial charge in [0.15, 0.2) is 12.4 Å². The van der Waals surface area contributed by atoms with Crippen LogP contribution >= 0.6 is 0 Å². The quantitative estimate of drug-likeness (QED) is 0.739. The topological polar surface area (TPSA) is 52.8 Å². The molecule has 2 aromatic rings. The van der Waals surface area contributed by atoms with E-state index in [-0.39, 0.29) is 0 Å². The van der Waals surface area contributed by atoms with Gasteiger partial charge in [-0.3, -0.25) is 0 Å². The molecule has 80 valence electrons. The van der Waals surface area contributed by atoms with Gasteiger partial charge in [0, 0.05) is 11.6 Å². The summed E-state index contributed by atoms with van der Waals surface area (Å²) in [5.41, 5.74) is 2.31. The number of nitrogens with one attached hydrogen (secondary N) is 1. The normalized spacial score (nSPS) is 9.81. The number of rotatable bonds is 3. The van der Waals surface area contributed by atoms with E-state index in [2.05, 4.69) is 10.2 Å². The van der Waals surface area contributed by atoms with E-state index in [9.17, 15) is 4.91 Å². The minimum atomic E-state index is 0.311. The molecule has 0 aliphatic heterocycles. The fraction of sp³-hybridized carbons (Fsp3) is 0.0833. The van der Waals surface area contributed by atoms with E-state index < -0.39 is 0 Å². The van der Waals surface area contributed by atoms with Crippen LogP contribution in [0.15, 0.2) is 47.9 Å². The molecule has 0 atom stereocenters. The zero-order valence-corrected chi connectivity index (χ0v) is 8.81. The second kappa shape index (κ2) is 4.53. The van der Waals surface area contributed by atoms with Gasteiger partial charge in [-0.2, -0.15) is 0 Å². The molecule has 0 bridgehead atoms. The number of pyridine rings is 1. The van der Waals surface area contributed by atoms with Crippen LogP contribution in [0.4, 0.5) is 5.69 Å². The Hall–Kier alpha value is -2.23. The number of nitroso groups, excluding NO2 is 1. The van der Waals surface area contributed by atoms with Gasteiger partial charge in [0.25, 0.3) is 0 Å². The number of benzene rings is 1. The first-order valence-corrected chi connectivity index (χ1v) is 4.83. The summed E-state index contributed by atoms with van der Waals surface area (Å²) in [6, 6.07) is 9.16. The fourth-order valence-electron chi connectivity index (χ4n) is 1.51. The summed E-state index contributed by atoms with van der Waals surface area (Å²) in [7, 11) is 1.52. The van der Waals surface area contributed by atoms with E-state index in [1.54, 1.807) is 12.1 Å². The first-order valence-electron chi connectivity index (χ1n) is 4.83. The van der Waals surface area contributed by atoms with E-state index in [0.29, 0.717) is 11.4 Å².